The molecule has 0 aliphatic heterocycles. The van der Waals surface area contributed by atoms with E-state index >= 15 is 0 Å². The van der Waals surface area contributed by atoms with Crippen LogP contribution >= 0.6 is 0 Å². The van der Waals surface area contributed by atoms with E-state index in [1.807, 2.05) is 0 Å². The fourth-order valence-corrected chi connectivity index (χ4v) is 0. The third kappa shape index (κ3) is 1350. The molecular formula is N2O6Y2+4. The van der Waals surface area contributed by atoms with Crippen molar-refractivity contribution in [2.24, 2.45) is 0 Å². The fourth-order valence-electron chi connectivity index (χ4n) is 0. The number of nitrogens with zero attached hydrogens (tertiary/aromatic N) is 2. The normalized spacial score (nSPS) is 4.80. The average molecular weight is 302 g/mol. The summed E-state index contributed by atoms with van der Waals surface area (Å²) in [4.78, 5) is 16.5. The number of hydrogen-bond acceptors (Lipinski definition) is 6. The Morgan fingerprint density at radius 1 is 0.700 bits per heavy atom. The molecule has 0 radical (unpaired) electrons. The van der Waals surface area contributed by atoms with Gasteiger partial charge in [-0.05, 0) is 0 Å². The zero-order valence-electron chi connectivity index (χ0n) is 4.50. The van der Waals surface area contributed by atoms with E-state index in [2.05, 4.69) is 0 Å². The molecule has 0 atom stereocenters. The van der Waals surface area contributed by atoms with Gasteiger partial charge in [-0.25, -0.2) is 0 Å². The molecule has 0 aromatic carbocycles. The molecule has 0 aromatic heterocycles. The van der Waals surface area contributed by atoms with Crippen LogP contribution in [-0.4, -0.2) is 10.2 Å². The van der Waals surface area contributed by atoms with E-state index in [0.29, 0.717) is 0 Å². The van der Waals surface area contributed by atoms with Gasteiger partial charge >= 0.3 is 65.4 Å². The first-order valence-corrected chi connectivity index (χ1v) is 1.10. The Kier molecular flexibility index (Phi) is 36.6. The largest absolute Gasteiger partial charge is 3.00 e. The standard InChI is InChI=1S/2NO3.2Y/c2*2-1(3)4;;/q2*-1;2*+3. The maximum absolute atomic E-state index is 8.25. The van der Waals surface area contributed by atoms with Crippen LogP contribution in [-0.2, 0) is 65.4 Å². The monoisotopic (exact) mass is 302 g/mol. The van der Waals surface area contributed by atoms with Gasteiger partial charge in [0.05, 0.1) is 10.2 Å². The molecule has 0 heterocycles. The van der Waals surface area contributed by atoms with Crippen molar-refractivity contribution >= 4 is 0 Å². The quantitative estimate of drug-likeness (QED) is 0.438. The zero-order chi connectivity index (χ0) is 7.15. The Morgan fingerprint density at radius 2 is 0.700 bits per heavy atom. The van der Waals surface area contributed by atoms with E-state index < -0.39 is 10.2 Å². The van der Waals surface area contributed by atoms with Crippen LogP contribution in [0.25, 0.3) is 0 Å². The second-order valence-corrected chi connectivity index (χ2v) is 0.447. The maximum Gasteiger partial charge on any atom is 3.00 e. The molecule has 0 unspecified atom stereocenters. The molecule has 0 spiro atoms. The van der Waals surface area contributed by atoms with Crippen LogP contribution in [0.5, 0.6) is 0 Å². The van der Waals surface area contributed by atoms with E-state index in [1.165, 1.54) is 0 Å². The molecule has 48 valence electrons. The van der Waals surface area contributed by atoms with Gasteiger partial charge in [0.25, 0.3) is 0 Å². The minimum atomic E-state index is -1.75. The van der Waals surface area contributed by atoms with Crippen molar-refractivity contribution < 1.29 is 75.6 Å². The van der Waals surface area contributed by atoms with Crippen LogP contribution in [0, 0.1) is 30.6 Å². The topological polar surface area (TPSA) is 132 Å². The summed E-state index contributed by atoms with van der Waals surface area (Å²) in [7, 11) is 0. The predicted octanol–water partition coefficient (Wildman–Crippen LogP) is -0.483. The third-order valence-electron chi connectivity index (χ3n) is 0. The number of rotatable bonds is 0. The summed E-state index contributed by atoms with van der Waals surface area (Å²) in [6.07, 6.45) is 0. The Balaban J connectivity index is -0.0000000300. The van der Waals surface area contributed by atoms with E-state index in [1.54, 1.807) is 0 Å². The Hall–Kier alpha value is 0.608. The predicted molar refractivity (Wildman–Crippen MR) is 20.7 cm³/mol. The van der Waals surface area contributed by atoms with E-state index in [4.69, 9.17) is 30.6 Å². The van der Waals surface area contributed by atoms with Crippen molar-refractivity contribution in [3.8, 4) is 0 Å². The molecule has 0 amide bonds. The van der Waals surface area contributed by atoms with Crippen LogP contribution in [0.4, 0.5) is 0 Å². The van der Waals surface area contributed by atoms with Crippen molar-refractivity contribution in [3.63, 3.8) is 0 Å². The molecule has 0 aromatic rings. The minimum absolute atomic E-state index is 0. The van der Waals surface area contributed by atoms with Gasteiger partial charge in [0.1, 0.15) is 0 Å². The zero-order valence-corrected chi connectivity index (χ0v) is 10.2. The summed E-state index contributed by atoms with van der Waals surface area (Å²) < 4.78 is 0. The Labute approximate surface area is 105 Å². The first-order chi connectivity index (χ1) is 3.46. The maximum atomic E-state index is 8.25. The molecule has 0 aliphatic carbocycles. The van der Waals surface area contributed by atoms with Crippen LogP contribution in [0.2, 0.25) is 0 Å². The Bertz CT molecular complexity index is 71.7. The van der Waals surface area contributed by atoms with Crippen molar-refractivity contribution in [1.82, 2.24) is 0 Å². The first-order valence-electron chi connectivity index (χ1n) is 1.10. The fraction of sp³-hybridized carbons (Fsp3) is 0. The summed E-state index contributed by atoms with van der Waals surface area (Å²) in [6, 6.07) is 0. The second kappa shape index (κ2) is 16.3. The average Bonchev–Trinajstić information content (AvgIpc) is 1.25. The SMILES string of the molecule is O=[N+]([O-])[O-].O=[N+]([O-])[O-].[Y+3].[Y+3]. The molecule has 0 aliphatic rings. The molecular weight excluding hydrogens is 302 g/mol. The summed E-state index contributed by atoms with van der Waals surface area (Å²) >= 11 is 0. The molecule has 0 N–H and O–H groups in total. The molecule has 0 bridgehead atoms. The van der Waals surface area contributed by atoms with Crippen molar-refractivity contribution in [2.45, 2.75) is 0 Å². The van der Waals surface area contributed by atoms with Crippen LogP contribution in [0.15, 0.2) is 0 Å². The smallest absolute Gasteiger partial charge is 0.356 e. The van der Waals surface area contributed by atoms with E-state index in [9.17, 15) is 0 Å². The molecule has 0 rings (SSSR count). The molecule has 10 heavy (non-hydrogen) atoms. The van der Waals surface area contributed by atoms with E-state index in [-0.39, 0.29) is 65.4 Å². The van der Waals surface area contributed by atoms with Gasteiger partial charge in [0.15, 0.2) is 0 Å². The van der Waals surface area contributed by atoms with Gasteiger partial charge in [-0.15, -0.1) is 0 Å². The summed E-state index contributed by atoms with van der Waals surface area (Å²) in [5.74, 6) is 0. The third-order valence-corrected chi connectivity index (χ3v) is 0. The van der Waals surface area contributed by atoms with Gasteiger partial charge in [0, 0.05) is 0 Å². The minimum Gasteiger partial charge on any atom is -0.356 e. The van der Waals surface area contributed by atoms with Crippen LogP contribution in [0.1, 0.15) is 0 Å². The van der Waals surface area contributed by atoms with E-state index in [0.717, 1.165) is 0 Å². The number of hydrogen-bond donors (Lipinski definition) is 0. The Morgan fingerprint density at radius 3 is 0.700 bits per heavy atom. The summed E-state index contributed by atoms with van der Waals surface area (Å²) in [5.41, 5.74) is 0. The van der Waals surface area contributed by atoms with Gasteiger partial charge in [-0.1, -0.05) is 0 Å². The second-order valence-electron chi connectivity index (χ2n) is 0.447. The van der Waals surface area contributed by atoms with Gasteiger partial charge < -0.3 is 30.6 Å². The van der Waals surface area contributed by atoms with Crippen molar-refractivity contribution in [3.05, 3.63) is 30.6 Å². The summed E-state index contributed by atoms with van der Waals surface area (Å²) in [6.45, 7) is 0. The van der Waals surface area contributed by atoms with Crippen LogP contribution < -0.4 is 0 Å². The van der Waals surface area contributed by atoms with Crippen molar-refractivity contribution in [1.29, 1.82) is 0 Å². The molecule has 8 nitrogen and oxygen atoms in total. The van der Waals surface area contributed by atoms with Gasteiger partial charge in [-0.2, -0.15) is 0 Å². The molecule has 0 saturated heterocycles. The summed E-state index contributed by atoms with van der Waals surface area (Å²) in [5, 5.41) is 29.5. The van der Waals surface area contributed by atoms with Gasteiger partial charge in [-0.3, -0.25) is 0 Å². The molecule has 10 heteroatoms. The molecule has 0 fully saturated rings. The molecule has 0 saturated carbocycles. The first kappa shape index (κ1) is 22.4. The van der Waals surface area contributed by atoms with Crippen molar-refractivity contribution in [2.75, 3.05) is 0 Å². The van der Waals surface area contributed by atoms with Crippen LogP contribution in [0.3, 0.4) is 0 Å². The van der Waals surface area contributed by atoms with Gasteiger partial charge in [0.2, 0.25) is 0 Å².